The molecule has 0 bridgehead atoms. The molecule has 0 atom stereocenters. The van der Waals surface area contributed by atoms with Gasteiger partial charge in [0, 0.05) is 25.2 Å². The maximum atomic E-state index is 3.77. The Morgan fingerprint density at radius 2 is 1.76 bits per heavy atom. The summed E-state index contributed by atoms with van der Waals surface area (Å²) in [6.45, 7) is 10.8. The Labute approximate surface area is 107 Å². The Morgan fingerprint density at radius 1 is 1.12 bits per heavy atom. The number of likely N-dealkylation sites (N-methyl/N-ethyl adjacent to an activating group) is 1. The van der Waals surface area contributed by atoms with E-state index in [1.807, 2.05) is 0 Å². The summed E-state index contributed by atoms with van der Waals surface area (Å²) in [5.74, 6) is 0. The molecular formula is C15H30N2. The van der Waals surface area contributed by atoms with Crippen molar-refractivity contribution in [3.63, 3.8) is 0 Å². The van der Waals surface area contributed by atoms with Crippen molar-refractivity contribution in [1.29, 1.82) is 0 Å². The lowest BCUT2D eigenvalue weighted by Crippen LogP contribution is -2.40. The summed E-state index contributed by atoms with van der Waals surface area (Å²) in [6.07, 6.45) is 8.41. The highest BCUT2D eigenvalue weighted by Crippen LogP contribution is 2.34. The zero-order valence-corrected chi connectivity index (χ0v) is 12.0. The lowest BCUT2D eigenvalue weighted by atomic mass is 9.75. The van der Waals surface area contributed by atoms with Crippen molar-refractivity contribution in [2.75, 3.05) is 19.6 Å². The van der Waals surface area contributed by atoms with Crippen LogP contribution in [-0.2, 0) is 0 Å². The third-order valence-corrected chi connectivity index (χ3v) is 4.64. The number of nitrogens with one attached hydrogen (secondary N) is 1. The Balaban J connectivity index is 1.59. The monoisotopic (exact) mass is 238 g/mol. The van der Waals surface area contributed by atoms with Crippen molar-refractivity contribution in [2.45, 2.75) is 71.4 Å². The Kier molecular flexibility index (Phi) is 4.48. The number of hydrogen-bond acceptors (Lipinski definition) is 2. The van der Waals surface area contributed by atoms with Crippen molar-refractivity contribution < 1.29 is 0 Å². The molecule has 0 aromatic rings. The van der Waals surface area contributed by atoms with Gasteiger partial charge in [-0.3, -0.25) is 4.90 Å². The van der Waals surface area contributed by atoms with Crippen molar-refractivity contribution in [1.82, 2.24) is 10.2 Å². The molecule has 0 aromatic heterocycles. The van der Waals surface area contributed by atoms with Gasteiger partial charge in [0.05, 0.1) is 0 Å². The van der Waals surface area contributed by atoms with E-state index >= 15 is 0 Å². The van der Waals surface area contributed by atoms with Crippen LogP contribution in [0.2, 0.25) is 0 Å². The van der Waals surface area contributed by atoms with E-state index < -0.39 is 0 Å². The third-order valence-electron chi connectivity index (χ3n) is 4.64. The van der Waals surface area contributed by atoms with E-state index in [0.717, 1.165) is 12.1 Å². The molecule has 0 radical (unpaired) electrons. The first-order valence-corrected chi connectivity index (χ1v) is 7.58. The summed E-state index contributed by atoms with van der Waals surface area (Å²) in [5.41, 5.74) is 0.599. The van der Waals surface area contributed by atoms with Gasteiger partial charge in [0.2, 0.25) is 0 Å². The summed E-state index contributed by atoms with van der Waals surface area (Å²) in [7, 11) is 0. The van der Waals surface area contributed by atoms with Crippen LogP contribution in [0.15, 0.2) is 0 Å². The molecular weight excluding hydrogens is 208 g/mol. The van der Waals surface area contributed by atoms with Gasteiger partial charge in [0.1, 0.15) is 0 Å². The van der Waals surface area contributed by atoms with Gasteiger partial charge in [0.15, 0.2) is 0 Å². The normalized spacial score (nSPS) is 25.4. The average molecular weight is 238 g/mol. The van der Waals surface area contributed by atoms with E-state index in [0.29, 0.717) is 5.41 Å². The SMILES string of the molecule is CCN(CCNC1CCC(C)(C)CC1)C1CC1. The predicted molar refractivity (Wildman–Crippen MR) is 74.3 cm³/mol. The standard InChI is InChI=1S/C15H30N2/c1-4-17(14-5-6-14)12-11-16-13-7-9-15(2,3)10-8-13/h13-14,16H,4-12H2,1-3H3. The van der Waals surface area contributed by atoms with Gasteiger partial charge in [-0.1, -0.05) is 20.8 Å². The van der Waals surface area contributed by atoms with Crippen molar-refractivity contribution in [3.05, 3.63) is 0 Å². The molecule has 2 nitrogen and oxygen atoms in total. The quantitative estimate of drug-likeness (QED) is 0.765. The zero-order chi connectivity index (χ0) is 12.3. The number of rotatable bonds is 6. The highest BCUT2D eigenvalue weighted by Gasteiger charge is 2.28. The van der Waals surface area contributed by atoms with Crippen LogP contribution in [0.4, 0.5) is 0 Å². The maximum absolute atomic E-state index is 3.77. The van der Waals surface area contributed by atoms with E-state index in [9.17, 15) is 0 Å². The highest BCUT2D eigenvalue weighted by molar-refractivity contribution is 4.85. The molecule has 0 unspecified atom stereocenters. The molecule has 0 heterocycles. The first-order valence-electron chi connectivity index (χ1n) is 7.58. The van der Waals surface area contributed by atoms with Gasteiger partial charge in [0.25, 0.3) is 0 Å². The molecule has 0 saturated heterocycles. The van der Waals surface area contributed by atoms with E-state index in [1.165, 1.54) is 58.2 Å². The Hall–Kier alpha value is -0.0800. The lowest BCUT2D eigenvalue weighted by molar-refractivity contribution is 0.199. The van der Waals surface area contributed by atoms with E-state index in [2.05, 4.69) is 31.0 Å². The molecule has 0 aromatic carbocycles. The van der Waals surface area contributed by atoms with Crippen LogP contribution in [0.3, 0.4) is 0 Å². The highest BCUT2D eigenvalue weighted by atomic mass is 15.2. The van der Waals surface area contributed by atoms with E-state index in [4.69, 9.17) is 0 Å². The second kappa shape index (κ2) is 5.71. The molecule has 0 spiro atoms. The fourth-order valence-electron chi connectivity index (χ4n) is 3.05. The molecule has 2 aliphatic carbocycles. The fraction of sp³-hybridized carbons (Fsp3) is 1.00. The fourth-order valence-corrected chi connectivity index (χ4v) is 3.05. The summed E-state index contributed by atoms with van der Waals surface area (Å²) < 4.78 is 0. The van der Waals surface area contributed by atoms with E-state index in [-0.39, 0.29) is 0 Å². The molecule has 1 N–H and O–H groups in total. The topological polar surface area (TPSA) is 15.3 Å². The van der Waals surface area contributed by atoms with Gasteiger partial charge in [-0.05, 0) is 50.5 Å². The minimum absolute atomic E-state index is 0.599. The van der Waals surface area contributed by atoms with Crippen molar-refractivity contribution >= 4 is 0 Å². The summed E-state index contributed by atoms with van der Waals surface area (Å²) in [6, 6.07) is 1.72. The van der Waals surface area contributed by atoms with Gasteiger partial charge < -0.3 is 5.32 Å². The van der Waals surface area contributed by atoms with Gasteiger partial charge in [-0.15, -0.1) is 0 Å². The molecule has 17 heavy (non-hydrogen) atoms. The largest absolute Gasteiger partial charge is 0.313 e. The van der Waals surface area contributed by atoms with Crippen molar-refractivity contribution in [3.8, 4) is 0 Å². The van der Waals surface area contributed by atoms with Crippen LogP contribution in [-0.4, -0.2) is 36.6 Å². The molecule has 100 valence electrons. The molecule has 0 aliphatic heterocycles. The van der Waals surface area contributed by atoms with Gasteiger partial charge in [-0.25, -0.2) is 0 Å². The van der Waals surface area contributed by atoms with Crippen LogP contribution in [0.5, 0.6) is 0 Å². The minimum Gasteiger partial charge on any atom is -0.313 e. The molecule has 2 rings (SSSR count). The summed E-state index contributed by atoms with van der Waals surface area (Å²) in [5, 5.41) is 3.77. The summed E-state index contributed by atoms with van der Waals surface area (Å²) >= 11 is 0. The molecule has 2 heteroatoms. The average Bonchev–Trinajstić information content (AvgIpc) is 3.10. The Morgan fingerprint density at radius 3 is 2.29 bits per heavy atom. The molecule has 2 saturated carbocycles. The molecule has 0 amide bonds. The summed E-state index contributed by atoms with van der Waals surface area (Å²) in [4.78, 5) is 2.64. The minimum atomic E-state index is 0.599. The van der Waals surface area contributed by atoms with E-state index in [1.54, 1.807) is 0 Å². The van der Waals surface area contributed by atoms with Crippen LogP contribution in [0, 0.1) is 5.41 Å². The number of hydrogen-bond donors (Lipinski definition) is 1. The lowest BCUT2D eigenvalue weighted by Gasteiger charge is -2.35. The van der Waals surface area contributed by atoms with Crippen LogP contribution < -0.4 is 5.32 Å². The smallest absolute Gasteiger partial charge is 0.0110 e. The van der Waals surface area contributed by atoms with Gasteiger partial charge in [-0.2, -0.15) is 0 Å². The first kappa shape index (κ1) is 13.4. The maximum Gasteiger partial charge on any atom is 0.0110 e. The molecule has 2 fully saturated rings. The Bertz CT molecular complexity index is 223. The van der Waals surface area contributed by atoms with Crippen molar-refractivity contribution in [2.24, 2.45) is 5.41 Å². The number of nitrogens with zero attached hydrogens (tertiary/aromatic N) is 1. The first-order chi connectivity index (χ1) is 8.11. The predicted octanol–water partition coefficient (Wildman–Crippen LogP) is 3.03. The second-order valence-electron chi connectivity index (χ2n) is 6.75. The van der Waals surface area contributed by atoms with Crippen LogP contribution in [0.25, 0.3) is 0 Å². The zero-order valence-electron chi connectivity index (χ0n) is 12.0. The molecule has 2 aliphatic rings. The van der Waals surface area contributed by atoms with Crippen LogP contribution in [0.1, 0.15) is 59.3 Å². The van der Waals surface area contributed by atoms with Crippen LogP contribution >= 0.6 is 0 Å². The second-order valence-corrected chi connectivity index (χ2v) is 6.75. The third kappa shape index (κ3) is 4.26. The van der Waals surface area contributed by atoms with Gasteiger partial charge >= 0.3 is 0 Å².